The van der Waals surface area contributed by atoms with Gasteiger partial charge in [0.15, 0.2) is 0 Å². The van der Waals surface area contributed by atoms with Gasteiger partial charge in [0.2, 0.25) is 5.91 Å². The summed E-state index contributed by atoms with van der Waals surface area (Å²) in [6, 6.07) is 8.45. The van der Waals surface area contributed by atoms with Crippen LogP contribution in [0.5, 0.6) is 0 Å². The Labute approximate surface area is 174 Å². The number of benzene rings is 1. The smallest absolute Gasteiger partial charge is 0.408 e. The first-order valence-corrected chi connectivity index (χ1v) is 9.74. The second-order valence-electron chi connectivity index (χ2n) is 7.77. The van der Waals surface area contributed by atoms with Gasteiger partial charge in [-0.25, -0.2) is 14.2 Å². The number of anilines is 1. The van der Waals surface area contributed by atoms with E-state index >= 15 is 0 Å². The van der Waals surface area contributed by atoms with Crippen LogP contribution in [0.2, 0.25) is 0 Å². The molecule has 2 amide bonds. The van der Waals surface area contributed by atoms with Crippen LogP contribution in [0, 0.1) is 5.82 Å². The van der Waals surface area contributed by atoms with Crippen LogP contribution in [-0.2, 0) is 16.0 Å². The lowest BCUT2D eigenvalue weighted by atomic mass is 10.0. The van der Waals surface area contributed by atoms with Crippen molar-refractivity contribution in [3.8, 4) is 0 Å². The molecule has 1 aromatic heterocycles. The number of fused-ring (bicyclic) bond motifs is 1. The van der Waals surface area contributed by atoms with E-state index in [1.807, 2.05) is 6.07 Å². The third kappa shape index (κ3) is 4.85. The number of carbonyl (C=O) groups is 2. The quantitative estimate of drug-likeness (QED) is 0.761. The van der Waals surface area contributed by atoms with Crippen LogP contribution in [0.3, 0.4) is 0 Å². The molecule has 6 nitrogen and oxygen atoms in total. The second-order valence-corrected chi connectivity index (χ2v) is 8.24. The summed E-state index contributed by atoms with van der Waals surface area (Å²) >= 11 is 6.51. The molecule has 1 N–H and O–H groups in total. The highest BCUT2D eigenvalue weighted by Crippen LogP contribution is 2.31. The number of nitrogens with zero attached hydrogens (tertiary/aromatic N) is 2. The maximum absolute atomic E-state index is 14.5. The predicted octanol–water partition coefficient (Wildman–Crippen LogP) is 3.98. The van der Waals surface area contributed by atoms with Crippen LogP contribution >= 0.6 is 11.6 Å². The van der Waals surface area contributed by atoms with Crippen LogP contribution < -0.4 is 10.2 Å². The fourth-order valence-corrected chi connectivity index (χ4v) is 3.50. The summed E-state index contributed by atoms with van der Waals surface area (Å²) in [5.41, 5.74) is 0.285. The first-order chi connectivity index (χ1) is 13.7. The Hall–Kier alpha value is -2.67. The van der Waals surface area contributed by atoms with Gasteiger partial charge in [-0.3, -0.25) is 9.69 Å². The molecule has 2 aromatic rings. The van der Waals surface area contributed by atoms with Crippen molar-refractivity contribution in [1.82, 2.24) is 10.3 Å². The van der Waals surface area contributed by atoms with Crippen LogP contribution in [0.15, 0.2) is 42.6 Å². The largest absolute Gasteiger partial charge is 0.444 e. The van der Waals surface area contributed by atoms with E-state index in [2.05, 4.69) is 10.3 Å². The number of ether oxygens (including phenoxy) is 1. The van der Waals surface area contributed by atoms with E-state index in [0.717, 1.165) is 5.56 Å². The van der Waals surface area contributed by atoms with Gasteiger partial charge in [0.05, 0.1) is 6.04 Å². The lowest BCUT2D eigenvalue weighted by molar-refractivity contribution is -0.118. The van der Waals surface area contributed by atoms with E-state index in [1.54, 1.807) is 39.1 Å². The summed E-state index contributed by atoms with van der Waals surface area (Å²) in [4.78, 5) is 31.2. The summed E-state index contributed by atoms with van der Waals surface area (Å²) in [6.07, 6.45) is 1.47. The lowest BCUT2D eigenvalue weighted by Crippen LogP contribution is -2.45. The van der Waals surface area contributed by atoms with Gasteiger partial charge in [-0.05, 0) is 44.9 Å². The Kier molecular flexibility index (Phi) is 6.07. The van der Waals surface area contributed by atoms with Crippen molar-refractivity contribution >= 4 is 29.4 Å². The number of rotatable bonds is 4. The highest BCUT2D eigenvalue weighted by Gasteiger charge is 2.37. The highest BCUT2D eigenvalue weighted by atomic mass is 35.5. The molecule has 3 rings (SSSR count). The van der Waals surface area contributed by atoms with Gasteiger partial charge < -0.3 is 10.1 Å². The van der Waals surface area contributed by atoms with Gasteiger partial charge in [-0.2, -0.15) is 0 Å². The van der Waals surface area contributed by atoms with Gasteiger partial charge in [0, 0.05) is 18.3 Å². The summed E-state index contributed by atoms with van der Waals surface area (Å²) in [7, 11) is 0. The Morgan fingerprint density at radius 3 is 2.66 bits per heavy atom. The highest BCUT2D eigenvalue weighted by molar-refractivity contribution is 6.33. The number of aromatic nitrogens is 1. The Morgan fingerprint density at radius 1 is 1.24 bits per heavy atom. The molecule has 0 aliphatic carbocycles. The molecule has 1 aliphatic rings. The second kappa shape index (κ2) is 8.37. The molecular weight excluding hydrogens is 397 g/mol. The van der Waals surface area contributed by atoms with E-state index in [-0.39, 0.29) is 5.56 Å². The maximum atomic E-state index is 14.5. The van der Waals surface area contributed by atoms with Crippen LogP contribution in [0.1, 0.15) is 37.9 Å². The molecule has 0 spiro atoms. The number of alkyl carbamates (subject to hydrolysis) is 1. The number of hydrogen-bond donors (Lipinski definition) is 1. The molecule has 8 heteroatoms. The maximum Gasteiger partial charge on any atom is 0.408 e. The van der Waals surface area contributed by atoms with Crippen molar-refractivity contribution in [2.75, 3.05) is 11.4 Å². The normalized spacial score (nSPS) is 15.4. The summed E-state index contributed by atoms with van der Waals surface area (Å²) in [5, 5.41) is 1.30. The number of amides is 2. The van der Waals surface area contributed by atoms with E-state index < -0.39 is 34.8 Å². The number of hydrogen-bond acceptors (Lipinski definition) is 4. The van der Waals surface area contributed by atoms with E-state index in [9.17, 15) is 14.0 Å². The monoisotopic (exact) mass is 419 g/mol. The molecule has 1 aliphatic heterocycles. The van der Waals surface area contributed by atoms with Gasteiger partial charge in [0.1, 0.15) is 22.6 Å². The van der Waals surface area contributed by atoms with Gasteiger partial charge in [-0.1, -0.05) is 24.3 Å². The predicted molar refractivity (Wildman–Crippen MR) is 108 cm³/mol. The lowest BCUT2D eigenvalue weighted by Gasteiger charge is -2.28. The topological polar surface area (TPSA) is 71.5 Å². The number of alkyl halides is 1. The molecule has 0 radical (unpaired) electrons. The Balaban J connectivity index is 1.88. The number of carbonyl (C=O) groups excluding carboxylic acids is 2. The third-order valence-corrected chi connectivity index (χ3v) is 4.87. The first kappa shape index (κ1) is 21.0. The average molecular weight is 420 g/mol. The summed E-state index contributed by atoms with van der Waals surface area (Å²) in [6.45, 7) is 5.55. The fourth-order valence-electron chi connectivity index (χ4n) is 3.18. The Bertz CT molecular complexity index is 916. The zero-order valence-electron chi connectivity index (χ0n) is 16.5. The molecule has 0 saturated heterocycles. The van der Waals surface area contributed by atoms with Gasteiger partial charge in [-0.15, -0.1) is 11.6 Å². The number of pyridine rings is 1. The van der Waals surface area contributed by atoms with Crippen molar-refractivity contribution in [2.45, 2.75) is 44.2 Å². The zero-order valence-corrected chi connectivity index (χ0v) is 17.2. The molecule has 0 fully saturated rings. The minimum atomic E-state index is -1.26. The van der Waals surface area contributed by atoms with Gasteiger partial charge >= 0.3 is 6.09 Å². The van der Waals surface area contributed by atoms with E-state index in [0.29, 0.717) is 18.8 Å². The van der Waals surface area contributed by atoms with Crippen LogP contribution in [0.25, 0.3) is 0 Å². The van der Waals surface area contributed by atoms with Crippen LogP contribution in [0.4, 0.5) is 15.0 Å². The molecule has 154 valence electrons. The molecular formula is C21H23ClFN3O3. The minimum absolute atomic E-state index is 0.104. The number of halogens is 2. The van der Waals surface area contributed by atoms with Crippen LogP contribution in [-0.4, -0.2) is 34.5 Å². The summed E-state index contributed by atoms with van der Waals surface area (Å²) < 4.78 is 19.8. The number of nitrogens with one attached hydrogen (secondary N) is 1. The molecule has 2 atom stereocenters. The fraction of sp³-hybridized carbons (Fsp3) is 0.381. The van der Waals surface area contributed by atoms with Crippen molar-refractivity contribution in [3.05, 3.63) is 59.5 Å². The van der Waals surface area contributed by atoms with Crippen molar-refractivity contribution < 1.29 is 18.7 Å². The first-order valence-electron chi connectivity index (χ1n) is 9.30. The molecule has 2 heterocycles. The third-order valence-electron chi connectivity index (χ3n) is 4.44. The van der Waals surface area contributed by atoms with Crippen molar-refractivity contribution in [3.63, 3.8) is 0 Å². The SMILES string of the molecule is CC(C)(C)OC(=O)N[C@H](c1ccccc1F)[C@@H](Cl)C(=O)N1CCc2cccnc21. The standard InChI is InChI=1S/C21H23ClFN3O3/c1-21(2,3)29-20(28)25-17(14-8-4-5-9-15(14)23)16(22)19(27)26-12-10-13-7-6-11-24-18(13)26/h4-9,11,16-17H,10,12H2,1-3H3,(H,25,28)/t16-,17-/m1/s1. The van der Waals surface area contributed by atoms with E-state index in [4.69, 9.17) is 16.3 Å². The molecule has 0 unspecified atom stereocenters. The zero-order chi connectivity index (χ0) is 21.2. The summed E-state index contributed by atoms with van der Waals surface area (Å²) in [5.74, 6) is -0.506. The van der Waals surface area contributed by atoms with Crippen molar-refractivity contribution in [1.29, 1.82) is 0 Å². The molecule has 1 aromatic carbocycles. The molecule has 0 bridgehead atoms. The minimum Gasteiger partial charge on any atom is -0.444 e. The molecule has 29 heavy (non-hydrogen) atoms. The van der Waals surface area contributed by atoms with Gasteiger partial charge in [0.25, 0.3) is 0 Å². The van der Waals surface area contributed by atoms with E-state index in [1.165, 1.54) is 23.1 Å². The average Bonchev–Trinajstić information content (AvgIpc) is 3.08. The molecule has 0 saturated carbocycles. The Morgan fingerprint density at radius 2 is 1.97 bits per heavy atom. The van der Waals surface area contributed by atoms with Crippen molar-refractivity contribution in [2.24, 2.45) is 0 Å².